The maximum Gasteiger partial charge on any atom is 0.0897 e. The van der Waals surface area contributed by atoms with Gasteiger partial charge in [0.1, 0.15) is 0 Å². The summed E-state index contributed by atoms with van der Waals surface area (Å²) in [5, 5.41) is 12.8. The lowest BCUT2D eigenvalue weighted by molar-refractivity contribution is 0.0354. The van der Waals surface area contributed by atoms with Crippen LogP contribution in [0, 0.1) is 0 Å². The molecule has 2 N–H and O–H groups in total. The van der Waals surface area contributed by atoms with Crippen LogP contribution in [0.1, 0.15) is 39.0 Å². The van der Waals surface area contributed by atoms with Crippen LogP contribution >= 0.6 is 0 Å². The molecule has 1 fully saturated rings. The Morgan fingerprint density at radius 3 is 2.86 bits per heavy atom. The Labute approximate surface area is 86.8 Å². The Morgan fingerprint density at radius 2 is 2.21 bits per heavy atom. The summed E-state index contributed by atoms with van der Waals surface area (Å²) in [5.41, 5.74) is 0. The first-order valence-electron chi connectivity index (χ1n) is 5.82. The smallest absolute Gasteiger partial charge is 0.0897 e. The van der Waals surface area contributed by atoms with Crippen molar-refractivity contribution in [2.75, 3.05) is 19.8 Å². The molecule has 0 saturated heterocycles. The molecule has 0 aliphatic heterocycles. The number of nitrogens with one attached hydrogen (secondary N) is 1. The maximum absolute atomic E-state index is 9.49. The summed E-state index contributed by atoms with van der Waals surface area (Å²) in [6.07, 6.45) is 5.75. The zero-order valence-corrected chi connectivity index (χ0v) is 9.17. The molecule has 0 radical (unpaired) electrons. The lowest BCUT2D eigenvalue weighted by atomic mass is 10.3. The van der Waals surface area contributed by atoms with Crippen molar-refractivity contribution in [1.82, 2.24) is 5.32 Å². The molecule has 1 rings (SSSR count). The van der Waals surface area contributed by atoms with Gasteiger partial charge in [-0.05, 0) is 19.3 Å². The lowest BCUT2D eigenvalue weighted by Gasteiger charge is -2.11. The summed E-state index contributed by atoms with van der Waals surface area (Å²) in [7, 11) is 0. The van der Waals surface area contributed by atoms with E-state index in [0.29, 0.717) is 19.2 Å². The Bertz CT molecular complexity index is 137. The fourth-order valence-corrected chi connectivity index (χ4v) is 1.32. The molecule has 0 aromatic heterocycles. The lowest BCUT2D eigenvalue weighted by Crippen LogP contribution is -2.31. The highest BCUT2D eigenvalue weighted by molar-refractivity contribution is 4.81. The van der Waals surface area contributed by atoms with Crippen molar-refractivity contribution in [3.05, 3.63) is 0 Å². The van der Waals surface area contributed by atoms with Gasteiger partial charge in [0.2, 0.25) is 0 Å². The summed E-state index contributed by atoms with van der Waals surface area (Å²) < 4.78 is 5.36. The number of hydrogen-bond donors (Lipinski definition) is 2. The van der Waals surface area contributed by atoms with Crippen molar-refractivity contribution in [1.29, 1.82) is 0 Å². The number of rotatable bonds is 9. The average molecular weight is 201 g/mol. The molecule has 84 valence electrons. The molecule has 3 nitrogen and oxygen atoms in total. The molecule has 0 aromatic carbocycles. The first-order chi connectivity index (χ1) is 6.83. The van der Waals surface area contributed by atoms with Crippen LogP contribution in [-0.2, 0) is 4.74 Å². The number of aliphatic hydroxyl groups excluding tert-OH is 1. The standard InChI is InChI=1S/C11H23NO2/c1-2-3-4-7-14-9-11(13)8-12-10-5-6-10/h10-13H,2-9H2,1H3. The van der Waals surface area contributed by atoms with Gasteiger partial charge >= 0.3 is 0 Å². The zero-order chi connectivity index (χ0) is 10.2. The molecule has 0 heterocycles. The van der Waals surface area contributed by atoms with Crippen LogP contribution in [-0.4, -0.2) is 37.0 Å². The van der Waals surface area contributed by atoms with Crippen molar-refractivity contribution in [2.24, 2.45) is 0 Å². The second-order valence-electron chi connectivity index (χ2n) is 4.12. The molecule has 1 atom stereocenters. The fourth-order valence-electron chi connectivity index (χ4n) is 1.32. The normalized spacial score (nSPS) is 18.4. The van der Waals surface area contributed by atoms with Gasteiger partial charge in [-0.25, -0.2) is 0 Å². The van der Waals surface area contributed by atoms with E-state index in [9.17, 15) is 5.11 Å². The number of hydrogen-bond acceptors (Lipinski definition) is 3. The molecule has 0 spiro atoms. The van der Waals surface area contributed by atoms with Gasteiger partial charge in [0.25, 0.3) is 0 Å². The summed E-state index contributed by atoms with van der Waals surface area (Å²) in [6.45, 7) is 4.12. The first kappa shape index (κ1) is 12.0. The minimum absolute atomic E-state index is 0.336. The SMILES string of the molecule is CCCCCOCC(O)CNC1CC1. The second-order valence-corrected chi connectivity index (χ2v) is 4.12. The van der Waals surface area contributed by atoms with E-state index in [2.05, 4.69) is 12.2 Å². The topological polar surface area (TPSA) is 41.5 Å². The first-order valence-corrected chi connectivity index (χ1v) is 5.82. The van der Waals surface area contributed by atoms with Gasteiger partial charge in [-0.2, -0.15) is 0 Å². The van der Waals surface area contributed by atoms with E-state index in [1.165, 1.54) is 25.7 Å². The Morgan fingerprint density at radius 1 is 1.43 bits per heavy atom. The highest BCUT2D eigenvalue weighted by Gasteiger charge is 2.21. The van der Waals surface area contributed by atoms with Crippen LogP contribution in [0.2, 0.25) is 0 Å². The van der Waals surface area contributed by atoms with E-state index >= 15 is 0 Å². The summed E-state index contributed by atoms with van der Waals surface area (Å²) in [5.74, 6) is 0. The van der Waals surface area contributed by atoms with E-state index in [0.717, 1.165) is 13.0 Å². The monoisotopic (exact) mass is 201 g/mol. The van der Waals surface area contributed by atoms with Crippen LogP contribution in [0.5, 0.6) is 0 Å². The third-order valence-corrected chi connectivity index (χ3v) is 2.42. The minimum atomic E-state index is -0.336. The molecule has 14 heavy (non-hydrogen) atoms. The Kier molecular flexibility index (Phi) is 6.15. The van der Waals surface area contributed by atoms with Crippen molar-refractivity contribution in [2.45, 2.75) is 51.2 Å². The molecule has 1 aliphatic rings. The van der Waals surface area contributed by atoms with Gasteiger partial charge in [0.05, 0.1) is 12.7 Å². The summed E-state index contributed by atoms with van der Waals surface area (Å²) in [4.78, 5) is 0. The second kappa shape index (κ2) is 7.21. The molecule has 0 bridgehead atoms. The van der Waals surface area contributed by atoms with Crippen LogP contribution in [0.15, 0.2) is 0 Å². The third kappa shape index (κ3) is 6.35. The van der Waals surface area contributed by atoms with E-state index < -0.39 is 0 Å². The third-order valence-electron chi connectivity index (χ3n) is 2.42. The molecule has 0 aromatic rings. The molecule has 3 heteroatoms. The Hall–Kier alpha value is -0.120. The van der Waals surface area contributed by atoms with E-state index in [1.54, 1.807) is 0 Å². The largest absolute Gasteiger partial charge is 0.389 e. The van der Waals surface area contributed by atoms with Crippen molar-refractivity contribution in [3.63, 3.8) is 0 Å². The van der Waals surface area contributed by atoms with Crippen LogP contribution < -0.4 is 5.32 Å². The molecule has 1 saturated carbocycles. The maximum atomic E-state index is 9.49. The van der Waals surface area contributed by atoms with Crippen LogP contribution in [0.3, 0.4) is 0 Å². The molecular weight excluding hydrogens is 178 g/mol. The molecule has 1 aliphatic carbocycles. The van der Waals surface area contributed by atoms with Crippen molar-refractivity contribution >= 4 is 0 Å². The van der Waals surface area contributed by atoms with Gasteiger partial charge in [0.15, 0.2) is 0 Å². The minimum Gasteiger partial charge on any atom is -0.389 e. The van der Waals surface area contributed by atoms with E-state index in [1.807, 2.05) is 0 Å². The molecule has 1 unspecified atom stereocenters. The molecular formula is C11H23NO2. The van der Waals surface area contributed by atoms with Crippen molar-refractivity contribution in [3.8, 4) is 0 Å². The zero-order valence-electron chi connectivity index (χ0n) is 9.17. The van der Waals surface area contributed by atoms with Crippen LogP contribution in [0.25, 0.3) is 0 Å². The highest BCUT2D eigenvalue weighted by Crippen LogP contribution is 2.18. The number of ether oxygens (including phenoxy) is 1. The van der Waals surface area contributed by atoms with Gasteiger partial charge in [0, 0.05) is 19.2 Å². The fraction of sp³-hybridized carbons (Fsp3) is 1.00. The predicted molar refractivity (Wildman–Crippen MR) is 57.4 cm³/mol. The number of aliphatic hydroxyl groups is 1. The van der Waals surface area contributed by atoms with Crippen LogP contribution in [0.4, 0.5) is 0 Å². The van der Waals surface area contributed by atoms with Gasteiger partial charge in [-0.1, -0.05) is 19.8 Å². The predicted octanol–water partition coefficient (Wildman–Crippen LogP) is 1.31. The quantitative estimate of drug-likeness (QED) is 0.553. The van der Waals surface area contributed by atoms with Gasteiger partial charge in [-0.3, -0.25) is 0 Å². The average Bonchev–Trinajstić information content (AvgIpc) is 2.98. The highest BCUT2D eigenvalue weighted by atomic mass is 16.5. The summed E-state index contributed by atoms with van der Waals surface area (Å²) >= 11 is 0. The molecule has 0 amide bonds. The van der Waals surface area contributed by atoms with Gasteiger partial charge in [-0.15, -0.1) is 0 Å². The van der Waals surface area contributed by atoms with Gasteiger partial charge < -0.3 is 15.2 Å². The van der Waals surface area contributed by atoms with E-state index in [4.69, 9.17) is 4.74 Å². The summed E-state index contributed by atoms with van der Waals surface area (Å²) in [6, 6.07) is 0.671. The Balaban J connectivity index is 1.79. The van der Waals surface area contributed by atoms with E-state index in [-0.39, 0.29) is 6.10 Å². The van der Waals surface area contributed by atoms with Crippen molar-refractivity contribution < 1.29 is 9.84 Å². The number of unbranched alkanes of at least 4 members (excludes halogenated alkanes) is 2.